The van der Waals surface area contributed by atoms with Gasteiger partial charge in [0.2, 0.25) is 11.8 Å². The zero-order valence-corrected chi connectivity index (χ0v) is 33.6. The summed E-state index contributed by atoms with van der Waals surface area (Å²) < 4.78 is 5.88. The van der Waals surface area contributed by atoms with Gasteiger partial charge in [-0.1, -0.05) is 168 Å². The largest absolute Gasteiger partial charge is 0.480 e. The third-order valence-corrected chi connectivity index (χ3v) is 9.75. The summed E-state index contributed by atoms with van der Waals surface area (Å²) >= 11 is 0. The fourth-order valence-electron chi connectivity index (χ4n) is 6.39. The number of amides is 2. The summed E-state index contributed by atoms with van der Waals surface area (Å²) in [6.07, 6.45) is 39.9. The maximum absolute atomic E-state index is 12.7. The van der Waals surface area contributed by atoms with Crippen molar-refractivity contribution < 1.29 is 34.1 Å². The highest BCUT2D eigenvalue weighted by atomic mass is 16.5. The van der Waals surface area contributed by atoms with Crippen LogP contribution in [0.5, 0.6) is 0 Å². The Morgan fingerprint density at radius 3 is 1.50 bits per heavy atom. The molecule has 0 bridgehead atoms. The second-order valence-corrected chi connectivity index (χ2v) is 14.8. The van der Waals surface area contributed by atoms with Crippen LogP contribution in [-0.2, 0) is 23.9 Å². The van der Waals surface area contributed by atoms with Gasteiger partial charge in [-0.3, -0.25) is 14.4 Å². The van der Waals surface area contributed by atoms with Crippen molar-refractivity contribution in [3.05, 3.63) is 12.2 Å². The monoisotopic (exact) mass is 737 g/mol. The van der Waals surface area contributed by atoms with Gasteiger partial charge in [0.05, 0.1) is 13.2 Å². The van der Waals surface area contributed by atoms with Gasteiger partial charge < -0.3 is 25.6 Å². The Kier molecular flexibility index (Phi) is 36.5. The van der Waals surface area contributed by atoms with Gasteiger partial charge in [-0.15, -0.1) is 0 Å². The SMILES string of the molecule is CCCCCC/C=C\C(CCCCCCC(=O)NCC(=O)NC(CO)C(=O)O)OC(=O)CCCCCCCCCCCCCCCCCCCCC. The smallest absolute Gasteiger partial charge is 0.328 e. The molecule has 0 radical (unpaired) electrons. The molecule has 2 amide bonds. The van der Waals surface area contributed by atoms with E-state index in [-0.39, 0.29) is 30.9 Å². The van der Waals surface area contributed by atoms with Crippen molar-refractivity contribution in [2.75, 3.05) is 13.2 Å². The zero-order chi connectivity index (χ0) is 38.3. The highest BCUT2D eigenvalue weighted by Gasteiger charge is 2.18. The van der Waals surface area contributed by atoms with Gasteiger partial charge in [0.25, 0.3) is 0 Å². The van der Waals surface area contributed by atoms with E-state index in [1.807, 2.05) is 0 Å². The third-order valence-electron chi connectivity index (χ3n) is 9.75. The molecule has 9 heteroatoms. The number of nitrogens with one attached hydrogen (secondary N) is 2. The first-order valence-corrected chi connectivity index (χ1v) is 21.6. The molecule has 0 aromatic carbocycles. The van der Waals surface area contributed by atoms with Crippen molar-refractivity contribution >= 4 is 23.8 Å². The van der Waals surface area contributed by atoms with E-state index in [0.29, 0.717) is 12.8 Å². The van der Waals surface area contributed by atoms with Gasteiger partial charge in [0.1, 0.15) is 12.1 Å². The highest BCUT2D eigenvalue weighted by Crippen LogP contribution is 2.17. The van der Waals surface area contributed by atoms with Crippen LogP contribution in [-0.4, -0.2) is 59.3 Å². The van der Waals surface area contributed by atoms with Gasteiger partial charge in [-0.05, 0) is 44.6 Å². The Morgan fingerprint density at radius 1 is 0.577 bits per heavy atom. The molecular formula is C43H80N2O7. The minimum Gasteiger partial charge on any atom is -0.480 e. The first-order chi connectivity index (χ1) is 25.3. The molecule has 0 aromatic heterocycles. The molecule has 0 aliphatic heterocycles. The third kappa shape index (κ3) is 34.7. The predicted molar refractivity (Wildman–Crippen MR) is 213 cm³/mol. The Labute approximate surface area is 318 Å². The van der Waals surface area contributed by atoms with Gasteiger partial charge in [-0.2, -0.15) is 0 Å². The van der Waals surface area contributed by atoms with E-state index in [0.717, 1.165) is 51.4 Å². The Balaban J connectivity index is 4.05. The second-order valence-electron chi connectivity index (χ2n) is 14.8. The summed E-state index contributed by atoms with van der Waals surface area (Å²) in [5, 5.41) is 22.5. The van der Waals surface area contributed by atoms with E-state index in [9.17, 15) is 19.2 Å². The number of ether oxygens (including phenoxy) is 1. The van der Waals surface area contributed by atoms with Crippen LogP contribution in [0, 0.1) is 0 Å². The molecule has 9 nitrogen and oxygen atoms in total. The first-order valence-electron chi connectivity index (χ1n) is 21.6. The summed E-state index contributed by atoms with van der Waals surface area (Å²) in [5.41, 5.74) is 0. The van der Waals surface area contributed by atoms with Gasteiger partial charge in [0.15, 0.2) is 0 Å². The highest BCUT2D eigenvalue weighted by molar-refractivity contribution is 5.87. The maximum atomic E-state index is 12.7. The van der Waals surface area contributed by atoms with Crippen molar-refractivity contribution in [2.24, 2.45) is 0 Å². The van der Waals surface area contributed by atoms with Crippen molar-refractivity contribution in [1.82, 2.24) is 10.6 Å². The van der Waals surface area contributed by atoms with Gasteiger partial charge in [0, 0.05) is 12.8 Å². The first kappa shape index (κ1) is 49.6. The number of carbonyl (C=O) groups is 4. The van der Waals surface area contributed by atoms with Gasteiger partial charge in [-0.25, -0.2) is 4.79 Å². The molecular weight excluding hydrogens is 656 g/mol. The number of hydrogen-bond donors (Lipinski definition) is 4. The van der Waals surface area contributed by atoms with Crippen molar-refractivity contribution in [3.63, 3.8) is 0 Å². The quantitative estimate of drug-likeness (QED) is 0.0279. The molecule has 304 valence electrons. The van der Waals surface area contributed by atoms with Crippen LogP contribution >= 0.6 is 0 Å². The normalized spacial score (nSPS) is 12.5. The van der Waals surface area contributed by atoms with E-state index >= 15 is 0 Å². The number of carboxylic acids is 1. The molecule has 0 heterocycles. The number of rotatable bonds is 39. The lowest BCUT2D eigenvalue weighted by atomic mass is 10.0. The summed E-state index contributed by atoms with van der Waals surface area (Å²) in [6, 6.07) is -1.39. The van der Waals surface area contributed by atoms with Gasteiger partial charge >= 0.3 is 11.9 Å². The Bertz CT molecular complexity index is 895. The Hall–Kier alpha value is -2.42. The van der Waals surface area contributed by atoms with Crippen LogP contribution in [0.1, 0.15) is 213 Å². The van der Waals surface area contributed by atoms with Crippen molar-refractivity contribution in [2.45, 2.75) is 225 Å². The summed E-state index contributed by atoms with van der Waals surface area (Å²) in [7, 11) is 0. The van der Waals surface area contributed by atoms with Crippen molar-refractivity contribution in [3.8, 4) is 0 Å². The number of unbranched alkanes of at least 4 members (excludes halogenated alkanes) is 25. The fraction of sp³-hybridized carbons (Fsp3) is 0.860. The molecule has 52 heavy (non-hydrogen) atoms. The standard InChI is InChI=1S/C43H80N2O7/c1-3-5-7-9-11-12-13-14-15-16-17-18-19-20-21-22-23-25-31-35-42(49)52-38(32-28-24-10-8-6-4-2)33-29-26-27-30-34-40(47)44-36-41(48)45-39(37-46)43(50)51/h28,32,38-39,46H,3-27,29-31,33-37H2,1-2H3,(H,44,47)(H,45,48)(H,50,51)/b32-28-. The number of allylic oxidation sites excluding steroid dienone is 1. The molecule has 0 saturated heterocycles. The number of carbonyl (C=O) groups excluding carboxylic acids is 3. The van der Waals surface area contributed by atoms with Crippen LogP contribution in [0.15, 0.2) is 12.2 Å². The van der Waals surface area contributed by atoms with E-state index in [1.165, 1.54) is 128 Å². The molecule has 0 aliphatic rings. The molecule has 0 aliphatic carbocycles. The average molecular weight is 737 g/mol. The van der Waals surface area contributed by atoms with E-state index in [1.54, 1.807) is 0 Å². The zero-order valence-electron chi connectivity index (χ0n) is 33.6. The molecule has 0 saturated carbocycles. The summed E-state index contributed by atoms with van der Waals surface area (Å²) in [6.45, 7) is 3.43. The topological polar surface area (TPSA) is 142 Å². The summed E-state index contributed by atoms with van der Waals surface area (Å²) in [4.78, 5) is 47.4. The van der Waals surface area contributed by atoms with Crippen LogP contribution in [0.25, 0.3) is 0 Å². The maximum Gasteiger partial charge on any atom is 0.328 e. The van der Waals surface area contributed by atoms with Crippen LogP contribution < -0.4 is 10.6 Å². The van der Waals surface area contributed by atoms with Crippen LogP contribution in [0.2, 0.25) is 0 Å². The fourth-order valence-corrected chi connectivity index (χ4v) is 6.39. The molecule has 0 fully saturated rings. The average Bonchev–Trinajstić information content (AvgIpc) is 3.13. The van der Waals surface area contributed by atoms with E-state index in [4.69, 9.17) is 14.9 Å². The number of aliphatic hydroxyl groups is 1. The molecule has 2 unspecified atom stereocenters. The van der Waals surface area contributed by atoms with Crippen LogP contribution in [0.4, 0.5) is 0 Å². The number of esters is 1. The van der Waals surface area contributed by atoms with E-state index < -0.39 is 24.5 Å². The molecule has 2 atom stereocenters. The van der Waals surface area contributed by atoms with E-state index in [2.05, 4.69) is 36.6 Å². The number of carboxylic acid groups (broad SMARTS) is 1. The predicted octanol–water partition coefficient (Wildman–Crippen LogP) is 10.3. The lowest BCUT2D eigenvalue weighted by Gasteiger charge is -2.15. The number of aliphatic carboxylic acids is 1. The summed E-state index contributed by atoms with van der Waals surface area (Å²) in [5.74, 6) is -2.39. The molecule has 4 N–H and O–H groups in total. The number of aliphatic hydroxyl groups excluding tert-OH is 1. The van der Waals surface area contributed by atoms with Crippen molar-refractivity contribution in [1.29, 1.82) is 0 Å². The lowest BCUT2D eigenvalue weighted by Crippen LogP contribution is -2.47. The molecule has 0 aromatic rings. The minimum absolute atomic E-state index is 0.109. The minimum atomic E-state index is -1.39. The Morgan fingerprint density at radius 2 is 1.02 bits per heavy atom. The van der Waals surface area contributed by atoms with Crippen LogP contribution in [0.3, 0.4) is 0 Å². The molecule has 0 rings (SSSR count). The molecule has 0 spiro atoms. The number of hydrogen-bond acceptors (Lipinski definition) is 6. The lowest BCUT2D eigenvalue weighted by molar-refractivity contribution is -0.147. The second kappa shape index (κ2) is 38.3.